The SMILES string of the molecule is O=C1CCC(N2Cc3c(cc(F)cc3N3CCN(S(=O)(=O)CCCCl)CC3)C2=O)C(=O)N1. The molecule has 2 fully saturated rings. The lowest BCUT2D eigenvalue weighted by Gasteiger charge is -2.36. The molecule has 0 aromatic heterocycles. The molecular formula is C20H24ClFN4O5S. The molecule has 3 aliphatic rings. The van der Waals surface area contributed by atoms with Crippen LogP contribution >= 0.6 is 11.6 Å². The van der Waals surface area contributed by atoms with Crippen molar-refractivity contribution in [3.63, 3.8) is 0 Å². The van der Waals surface area contributed by atoms with E-state index in [2.05, 4.69) is 5.32 Å². The number of halogens is 2. The largest absolute Gasteiger partial charge is 0.369 e. The van der Waals surface area contributed by atoms with Gasteiger partial charge in [-0.2, -0.15) is 4.31 Å². The summed E-state index contributed by atoms with van der Waals surface area (Å²) in [6, 6.07) is 1.73. The van der Waals surface area contributed by atoms with Gasteiger partial charge in [0.1, 0.15) is 11.9 Å². The molecule has 32 heavy (non-hydrogen) atoms. The van der Waals surface area contributed by atoms with Crippen LogP contribution in [-0.2, 0) is 26.2 Å². The van der Waals surface area contributed by atoms with Gasteiger partial charge in [0.2, 0.25) is 21.8 Å². The molecule has 174 valence electrons. The highest BCUT2D eigenvalue weighted by molar-refractivity contribution is 7.89. The average molecular weight is 487 g/mol. The van der Waals surface area contributed by atoms with Crippen LogP contribution in [0.15, 0.2) is 12.1 Å². The number of nitrogens with zero attached hydrogens (tertiary/aromatic N) is 3. The number of rotatable bonds is 6. The summed E-state index contributed by atoms with van der Waals surface area (Å²) >= 11 is 5.61. The number of piperazine rings is 1. The summed E-state index contributed by atoms with van der Waals surface area (Å²) in [5.74, 6) is -1.67. The van der Waals surface area contributed by atoms with Crippen LogP contribution in [0, 0.1) is 5.82 Å². The highest BCUT2D eigenvalue weighted by Gasteiger charge is 2.41. The normalized spacial score (nSPS) is 22.3. The highest BCUT2D eigenvalue weighted by atomic mass is 35.5. The van der Waals surface area contributed by atoms with Crippen molar-refractivity contribution < 1.29 is 27.2 Å². The molecule has 0 bridgehead atoms. The summed E-state index contributed by atoms with van der Waals surface area (Å²) < 4.78 is 40.7. The molecular weight excluding hydrogens is 463 g/mol. The van der Waals surface area contributed by atoms with Gasteiger partial charge in [-0.05, 0) is 25.0 Å². The molecule has 1 atom stereocenters. The quantitative estimate of drug-likeness (QED) is 0.468. The van der Waals surface area contributed by atoms with E-state index >= 15 is 0 Å². The number of piperidine rings is 1. The van der Waals surface area contributed by atoms with Gasteiger partial charge in [0.25, 0.3) is 5.91 Å². The van der Waals surface area contributed by atoms with E-state index in [-0.39, 0.29) is 55.6 Å². The Labute approximate surface area is 190 Å². The van der Waals surface area contributed by atoms with E-state index in [0.29, 0.717) is 30.8 Å². The lowest BCUT2D eigenvalue weighted by atomic mass is 10.0. The van der Waals surface area contributed by atoms with Gasteiger partial charge in [-0.3, -0.25) is 19.7 Å². The first-order chi connectivity index (χ1) is 15.2. The van der Waals surface area contributed by atoms with Crippen molar-refractivity contribution in [2.75, 3.05) is 42.7 Å². The molecule has 1 aromatic rings. The maximum absolute atomic E-state index is 14.4. The first kappa shape index (κ1) is 22.9. The first-order valence-electron chi connectivity index (χ1n) is 10.5. The van der Waals surface area contributed by atoms with Gasteiger partial charge in [-0.15, -0.1) is 11.6 Å². The Kier molecular flexibility index (Phi) is 6.42. The van der Waals surface area contributed by atoms with E-state index in [1.807, 2.05) is 4.90 Å². The molecule has 3 aliphatic heterocycles. The van der Waals surface area contributed by atoms with E-state index in [0.717, 1.165) is 0 Å². The minimum Gasteiger partial charge on any atom is -0.369 e. The Morgan fingerprint density at radius 2 is 1.84 bits per heavy atom. The fourth-order valence-electron chi connectivity index (χ4n) is 4.46. The van der Waals surface area contributed by atoms with Crippen molar-refractivity contribution in [1.29, 1.82) is 0 Å². The van der Waals surface area contributed by atoms with Crippen LogP contribution in [0.4, 0.5) is 10.1 Å². The molecule has 1 N–H and O–H groups in total. The minimum atomic E-state index is -3.40. The number of alkyl halides is 1. The molecule has 0 spiro atoms. The molecule has 0 aliphatic carbocycles. The first-order valence-corrected chi connectivity index (χ1v) is 12.6. The van der Waals surface area contributed by atoms with Gasteiger partial charge in [0, 0.05) is 61.8 Å². The Morgan fingerprint density at radius 3 is 2.50 bits per heavy atom. The van der Waals surface area contributed by atoms with E-state index in [4.69, 9.17) is 11.6 Å². The Bertz CT molecular complexity index is 1060. The zero-order valence-corrected chi connectivity index (χ0v) is 18.9. The van der Waals surface area contributed by atoms with Crippen molar-refractivity contribution in [3.05, 3.63) is 29.1 Å². The second-order valence-corrected chi connectivity index (χ2v) is 10.6. The van der Waals surface area contributed by atoms with Gasteiger partial charge >= 0.3 is 0 Å². The molecule has 3 heterocycles. The molecule has 3 amide bonds. The number of amides is 3. The topological polar surface area (TPSA) is 107 Å². The van der Waals surface area contributed by atoms with E-state index < -0.39 is 33.7 Å². The lowest BCUT2D eigenvalue weighted by Crippen LogP contribution is -2.52. The Balaban J connectivity index is 1.53. The third-order valence-electron chi connectivity index (χ3n) is 6.11. The summed E-state index contributed by atoms with van der Waals surface area (Å²) in [5, 5.41) is 2.25. The van der Waals surface area contributed by atoms with Crippen LogP contribution < -0.4 is 10.2 Å². The zero-order chi connectivity index (χ0) is 23.0. The number of carbonyl (C=O) groups excluding carboxylic acids is 3. The fraction of sp³-hybridized carbons (Fsp3) is 0.550. The third kappa shape index (κ3) is 4.33. The smallest absolute Gasteiger partial charge is 0.255 e. The molecule has 4 rings (SSSR count). The predicted octanol–water partition coefficient (Wildman–Crippen LogP) is 0.667. The fourth-order valence-corrected chi connectivity index (χ4v) is 6.24. The maximum atomic E-state index is 14.4. The van der Waals surface area contributed by atoms with E-state index in [9.17, 15) is 27.2 Å². The van der Waals surface area contributed by atoms with Gasteiger partial charge in [0.05, 0.1) is 5.75 Å². The van der Waals surface area contributed by atoms with Gasteiger partial charge in [0.15, 0.2) is 0 Å². The monoisotopic (exact) mass is 486 g/mol. The standard InChI is InChI=1S/C20H24ClFN4O5S/c21-4-1-9-32(30,31)25-7-5-24(6-8-25)17-11-13(22)10-14-15(17)12-26(20(14)29)16-2-3-18(27)23-19(16)28/h10-11,16H,1-9,12H2,(H,23,27,28). The summed E-state index contributed by atoms with van der Waals surface area (Å²) in [4.78, 5) is 39.9. The number of hydrogen-bond donors (Lipinski definition) is 1. The number of benzene rings is 1. The van der Waals surface area contributed by atoms with Crippen molar-refractivity contribution in [3.8, 4) is 0 Å². The van der Waals surface area contributed by atoms with Crippen LogP contribution in [-0.4, -0.2) is 79.2 Å². The summed E-state index contributed by atoms with van der Waals surface area (Å²) in [5.41, 5.74) is 1.34. The number of hydrogen-bond acceptors (Lipinski definition) is 6. The van der Waals surface area contributed by atoms with Crippen molar-refractivity contribution in [1.82, 2.24) is 14.5 Å². The summed E-state index contributed by atoms with van der Waals surface area (Å²) in [7, 11) is -3.40. The second-order valence-electron chi connectivity index (χ2n) is 8.10. The van der Waals surface area contributed by atoms with Crippen LogP contribution in [0.1, 0.15) is 35.2 Å². The number of nitrogens with one attached hydrogen (secondary N) is 1. The molecule has 1 unspecified atom stereocenters. The molecule has 2 saturated heterocycles. The molecule has 0 radical (unpaired) electrons. The number of fused-ring (bicyclic) bond motifs is 1. The Hall–Kier alpha value is -2.24. The molecule has 1 aromatic carbocycles. The van der Waals surface area contributed by atoms with Gasteiger partial charge in [-0.25, -0.2) is 12.8 Å². The van der Waals surface area contributed by atoms with Crippen molar-refractivity contribution in [2.24, 2.45) is 0 Å². The average Bonchev–Trinajstić information content (AvgIpc) is 3.08. The Morgan fingerprint density at radius 1 is 1.12 bits per heavy atom. The van der Waals surface area contributed by atoms with Crippen molar-refractivity contribution >= 4 is 45.0 Å². The third-order valence-corrected chi connectivity index (χ3v) is 8.33. The number of imide groups is 1. The zero-order valence-electron chi connectivity index (χ0n) is 17.4. The van der Waals surface area contributed by atoms with Crippen LogP contribution in [0.2, 0.25) is 0 Å². The minimum absolute atomic E-state index is 0.0126. The number of anilines is 1. The predicted molar refractivity (Wildman–Crippen MR) is 115 cm³/mol. The van der Waals surface area contributed by atoms with Crippen LogP contribution in [0.3, 0.4) is 0 Å². The molecule has 0 saturated carbocycles. The highest BCUT2D eigenvalue weighted by Crippen LogP contribution is 2.35. The maximum Gasteiger partial charge on any atom is 0.255 e. The number of sulfonamides is 1. The van der Waals surface area contributed by atoms with E-state index in [1.165, 1.54) is 21.3 Å². The van der Waals surface area contributed by atoms with E-state index in [1.54, 1.807) is 0 Å². The van der Waals surface area contributed by atoms with Gasteiger partial charge in [-0.1, -0.05) is 0 Å². The van der Waals surface area contributed by atoms with Gasteiger partial charge < -0.3 is 9.80 Å². The lowest BCUT2D eigenvalue weighted by molar-refractivity contribution is -0.136. The van der Waals surface area contributed by atoms with Crippen LogP contribution in [0.5, 0.6) is 0 Å². The van der Waals surface area contributed by atoms with Crippen LogP contribution in [0.25, 0.3) is 0 Å². The number of carbonyl (C=O) groups is 3. The summed E-state index contributed by atoms with van der Waals surface area (Å²) in [6.07, 6.45) is 0.735. The van der Waals surface area contributed by atoms with Crippen molar-refractivity contribution in [2.45, 2.75) is 31.8 Å². The molecule has 9 nitrogen and oxygen atoms in total. The second kappa shape index (κ2) is 8.95. The molecule has 12 heteroatoms. The summed E-state index contributed by atoms with van der Waals surface area (Å²) in [6.45, 7) is 1.33.